The minimum Gasteiger partial charge on any atom is -0.369 e. The van der Waals surface area contributed by atoms with E-state index >= 15 is 0 Å². The van der Waals surface area contributed by atoms with Crippen molar-refractivity contribution in [2.45, 2.75) is 6.92 Å². The fourth-order valence-corrected chi connectivity index (χ4v) is 0.879. The van der Waals surface area contributed by atoms with E-state index in [0.717, 1.165) is 0 Å². The fraction of sp³-hybridized carbons (Fsp3) is 0.556. The van der Waals surface area contributed by atoms with Crippen LogP contribution in [0.25, 0.3) is 0 Å². The van der Waals surface area contributed by atoms with Crippen molar-refractivity contribution in [1.82, 2.24) is 19.9 Å². The van der Waals surface area contributed by atoms with Crippen LogP contribution in [0.15, 0.2) is 4.99 Å². The Bertz CT molecular complexity index is 358. The van der Waals surface area contributed by atoms with E-state index in [1.807, 2.05) is 44.9 Å². The summed E-state index contributed by atoms with van der Waals surface area (Å²) < 4.78 is 0. The van der Waals surface area contributed by atoms with Gasteiger partial charge < -0.3 is 9.80 Å². The fourth-order valence-electron chi connectivity index (χ4n) is 0.879. The van der Waals surface area contributed by atoms with Gasteiger partial charge >= 0.3 is 0 Å². The van der Waals surface area contributed by atoms with E-state index in [1.54, 1.807) is 6.34 Å². The Balaban J connectivity index is 2.99. The number of rotatable bonds is 3. The van der Waals surface area contributed by atoms with Crippen LogP contribution in [0.2, 0.25) is 0 Å². The normalized spacial score (nSPS) is 10.7. The van der Waals surface area contributed by atoms with Gasteiger partial charge in [0.25, 0.3) is 5.95 Å². The van der Waals surface area contributed by atoms with Crippen molar-refractivity contribution < 1.29 is 0 Å². The van der Waals surface area contributed by atoms with Gasteiger partial charge in [-0.15, -0.1) is 0 Å². The maximum atomic E-state index is 4.18. The molecular formula is C9H16N6. The van der Waals surface area contributed by atoms with Gasteiger partial charge in [0.2, 0.25) is 5.95 Å². The molecule has 1 rings (SSSR count). The van der Waals surface area contributed by atoms with Gasteiger partial charge in [-0.1, -0.05) is 0 Å². The van der Waals surface area contributed by atoms with Gasteiger partial charge in [-0.2, -0.15) is 15.0 Å². The quantitative estimate of drug-likeness (QED) is 0.534. The van der Waals surface area contributed by atoms with Crippen molar-refractivity contribution in [3.8, 4) is 0 Å². The Kier molecular flexibility index (Phi) is 3.54. The Hall–Kier alpha value is -1.72. The topological polar surface area (TPSA) is 57.5 Å². The summed E-state index contributed by atoms with van der Waals surface area (Å²) in [6, 6.07) is 0. The molecule has 6 nitrogen and oxygen atoms in total. The van der Waals surface area contributed by atoms with Crippen molar-refractivity contribution in [2.75, 3.05) is 33.1 Å². The van der Waals surface area contributed by atoms with Crippen LogP contribution in [0.3, 0.4) is 0 Å². The molecule has 0 N–H and O–H groups in total. The van der Waals surface area contributed by atoms with Crippen LogP contribution >= 0.6 is 0 Å². The van der Waals surface area contributed by atoms with Gasteiger partial charge in [0.15, 0.2) is 0 Å². The van der Waals surface area contributed by atoms with Crippen LogP contribution in [0.4, 0.5) is 11.9 Å². The van der Waals surface area contributed by atoms with Crippen molar-refractivity contribution >= 4 is 18.2 Å². The van der Waals surface area contributed by atoms with Crippen LogP contribution in [0.5, 0.6) is 0 Å². The second kappa shape index (κ2) is 4.68. The number of aromatic nitrogens is 3. The summed E-state index contributed by atoms with van der Waals surface area (Å²) in [6.45, 7) is 1.82. The molecular weight excluding hydrogens is 192 g/mol. The lowest BCUT2D eigenvalue weighted by Crippen LogP contribution is -2.14. The van der Waals surface area contributed by atoms with Crippen molar-refractivity contribution in [2.24, 2.45) is 4.99 Å². The Morgan fingerprint density at radius 2 is 1.73 bits per heavy atom. The van der Waals surface area contributed by atoms with Crippen LogP contribution in [0, 0.1) is 6.92 Å². The molecule has 0 fully saturated rings. The number of anilines is 1. The number of hydrogen-bond acceptors (Lipinski definition) is 5. The molecule has 0 aliphatic rings. The molecule has 0 amide bonds. The molecule has 1 aromatic heterocycles. The molecule has 0 atom stereocenters. The highest BCUT2D eigenvalue weighted by Crippen LogP contribution is 2.09. The van der Waals surface area contributed by atoms with Gasteiger partial charge in [-0.3, -0.25) is 0 Å². The van der Waals surface area contributed by atoms with E-state index in [2.05, 4.69) is 19.9 Å². The highest BCUT2D eigenvalue weighted by atomic mass is 15.3. The van der Waals surface area contributed by atoms with E-state index in [0.29, 0.717) is 17.7 Å². The molecule has 0 saturated heterocycles. The number of aliphatic imine (C=N–C) groups is 1. The smallest absolute Gasteiger partial charge is 0.255 e. The lowest BCUT2D eigenvalue weighted by molar-refractivity contribution is 0.642. The number of hydrogen-bond donors (Lipinski definition) is 0. The predicted octanol–water partition coefficient (Wildman–Crippen LogP) is 0.467. The van der Waals surface area contributed by atoms with Gasteiger partial charge in [0.1, 0.15) is 5.82 Å². The van der Waals surface area contributed by atoms with Crippen LogP contribution in [-0.2, 0) is 0 Å². The zero-order chi connectivity index (χ0) is 11.4. The van der Waals surface area contributed by atoms with E-state index in [-0.39, 0.29) is 0 Å². The highest BCUT2D eigenvalue weighted by molar-refractivity contribution is 5.58. The molecule has 0 saturated carbocycles. The van der Waals surface area contributed by atoms with E-state index in [1.165, 1.54) is 0 Å². The average molecular weight is 208 g/mol. The van der Waals surface area contributed by atoms with Crippen LogP contribution in [-0.4, -0.2) is 54.4 Å². The van der Waals surface area contributed by atoms with Gasteiger partial charge in [-0.05, 0) is 6.92 Å². The average Bonchev–Trinajstić information content (AvgIpc) is 2.13. The molecule has 0 radical (unpaired) electrons. The zero-order valence-corrected chi connectivity index (χ0v) is 9.76. The van der Waals surface area contributed by atoms with E-state index < -0.39 is 0 Å². The summed E-state index contributed by atoms with van der Waals surface area (Å²) >= 11 is 0. The molecule has 0 bridgehead atoms. The number of nitrogens with zero attached hydrogens (tertiary/aromatic N) is 6. The van der Waals surface area contributed by atoms with E-state index in [4.69, 9.17) is 0 Å². The largest absolute Gasteiger partial charge is 0.369 e. The minimum absolute atomic E-state index is 0.430. The molecule has 82 valence electrons. The molecule has 6 heteroatoms. The van der Waals surface area contributed by atoms with Gasteiger partial charge in [0.05, 0.1) is 6.34 Å². The molecule has 1 aromatic rings. The molecule has 0 aliphatic carbocycles. The van der Waals surface area contributed by atoms with Gasteiger partial charge in [-0.25, -0.2) is 4.99 Å². The molecule has 0 spiro atoms. The lowest BCUT2D eigenvalue weighted by Gasteiger charge is -2.10. The van der Waals surface area contributed by atoms with Crippen LogP contribution in [0.1, 0.15) is 5.82 Å². The molecule has 15 heavy (non-hydrogen) atoms. The second-order valence-electron chi connectivity index (χ2n) is 3.59. The summed E-state index contributed by atoms with van der Waals surface area (Å²) in [5.41, 5.74) is 0. The minimum atomic E-state index is 0.430. The first kappa shape index (κ1) is 11.4. The molecule has 1 heterocycles. The van der Waals surface area contributed by atoms with Crippen molar-refractivity contribution in [1.29, 1.82) is 0 Å². The Morgan fingerprint density at radius 1 is 1.07 bits per heavy atom. The van der Waals surface area contributed by atoms with Crippen LogP contribution < -0.4 is 4.90 Å². The van der Waals surface area contributed by atoms with E-state index in [9.17, 15) is 0 Å². The second-order valence-corrected chi connectivity index (χ2v) is 3.59. The predicted molar refractivity (Wildman–Crippen MR) is 60.7 cm³/mol. The standard InChI is InChI=1S/C9H16N6/c1-7-11-8(10-6-14(2)3)13-9(12-7)15(4)5/h6H,1-5H3. The number of aryl methyl sites for hydroxylation is 1. The molecule has 0 aliphatic heterocycles. The maximum Gasteiger partial charge on any atom is 0.255 e. The van der Waals surface area contributed by atoms with Crippen molar-refractivity contribution in [3.63, 3.8) is 0 Å². The summed E-state index contributed by atoms with van der Waals surface area (Å²) in [6.07, 6.45) is 1.66. The SMILES string of the molecule is Cc1nc(N=CN(C)C)nc(N(C)C)n1. The Morgan fingerprint density at radius 3 is 2.27 bits per heavy atom. The van der Waals surface area contributed by atoms with Gasteiger partial charge in [0, 0.05) is 28.2 Å². The first-order valence-electron chi connectivity index (χ1n) is 4.59. The summed E-state index contributed by atoms with van der Waals surface area (Å²) in [5, 5.41) is 0. The lowest BCUT2D eigenvalue weighted by atomic mass is 10.6. The summed E-state index contributed by atoms with van der Waals surface area (Å²) in [4.78, 5) is 20.2. The molecule has 0 unspecified atom stereocenters. The third kappa shape index (κ3) is 3.49. The first-order chi connectivity index (χ1) is 6.99. The zero-order valence-electron chi connectivity index (χ0n) is 9.76. The maximum absolute atomic E-state index is 4.18. The third-order valence-corrected chi connectivity index (χ3v) is 1.53. The monoisotopic (exact) mass is 208 g/mol. The van der Waals surface area contributed by atoms with Crippen molar-refractivity contribution in [3.05, 3.63) is 5.82 Å². The highest BCUT2D eigenvalue weighted by Gasteiger charge is 2.03. The summed E-state index contributed by atoms with van der Waals surface area (Å²) in [5.74, 6) is 1.72. The first-order valence-corrected chi connectivity index (χ1v) is 4.59. The Labute approximate surface area is 89.7 Å². The summed E-state index contributed by atoms with van der Waals surface area (Å²) in [7, 11) is 7.55. The molecule has 0 aromatic carbocycles. The third-order valence-electron chi connectivity index (χ3n) is 1.53.